The molecule has 2 aromatic carbocycles. The number of ether oxygens (including phenoxy) is 2. The van der Waals surface area contributed by atoms with Crippen LogP contribution in [0.4, 0.5) is 5.69 Å². The maximum Gasteiger partial charge on any atom is 0.248 e. The fraction of sp³-hybridized carbons (Fsp3) is 0.167. The summed E-state index contributed by atoms with van der Waals surface area (Å²) in [5.74, 6) is 0.477. The van der Waals surface area contributed by atoms with Crippen LogP contribution in [-0.4, -0.2) is 26.2 Å². The second kappa shape index (κ2) is 9.33. The number of nitrogens with one attached hydrogen (secondary N) is 1. The zero-order valence-corrected chi connectivity index (χ0v) is 14.6. The summed E-state index contributed by atoms with van der Waals surface area (Å²) < 4.78 is 10.4. The van der Waals surface area contributed by atoms with Gasteiger partial charge in [-0.15, -0.1) is 0 Å². The molecular weight excluding hydrogens is 349 g/mol. The van der Waals surface area contributed by atoms with E-state index in [1.165, 1.54) is 6.08 Å². The van der Waals surface area contributed by atoms with Crippen molar-refractivity contribution in [3.05, 3.63) is 64.1 Å². The maximum absolute atomic E-state index is 11.9. The molecule has 0 aromatic heterocycles. The van der Waals surface area contributed by atoms with Gasteiger partial charge >= 0.3 is 0 Å². The van der Waals surface area contributed by atoms with Crippen molar-refractivity contribution in [1.29, 1.82) is 0 Å². The molecule has 0 radical (unpaired) electrons. The van der Waals surface area contributed by atoms with Crippen molar-refractivity contribution in [3.63, 3.8) is 0 Å². The zero-order chi connectivity index (χ0) is 17.4. The number of hydrogen-bond acceptors (Lipinski definition) is 3. The van der Waals surface area contributed by atoms with Gasteiger partial charge in [-0.05, 0) is 48.0 Å². The van der Waals surface area contributed by atoms with Crippen molar-refractivity contribution in [1.82, 2.24) is 0 Å². The van der Waals surface area contributed by atoms with Gasteiger partial charge in [0.1, 0.15) is 12.4 Å². The first-order valence-electron chi connectivity index (χ1n) is 7.24. The van der Waals surface area contributed by atoms with E-state index >= 15 is 0 Å². The molecule has 6 heteroatoms. The quantitative estimate of drug-likeness (QED) is 0.572. The average Bonchev–Trinajstić information content (AvgIpc) is 2.58. The molecule has 0 heterocycles. The summed E-state index contributed by atoms with van der Waals surface area (Å²) in [7, 11) is 1.62. The van der Waals surface area contributed by atoms with Crippen LogP contribution in [0.2, 0.25) is 10.0 Å². The Labute approximate surface area is 151 Å². The largest absolute Gasteiger partial charge is 0.491 e. The minimum Gasteiger partial charge on any atom is -0.491 e. The maximum atomic E-state index is 11.9. The third-order valence-electron chi connectivity index (χ3n) is 3.05. The number of rotatable bonds is 7. The van der Waals surface area contributed by atoms with E-state index in [2.05, 4.69) is 5.32 Å². The van der Waals surface area contributed by atoms with E-state index in [1.807, 2.05) is 0 Å². The van der Waals surface area contributed by atoms with Crippen molar-refractivity contribution in [2.45, 2.75) is 0 Å². The first-order valence-corrected chi connectivity index (χ1v) is 8.00. The molecule has 0 unspecified atom stereocenters. The molecule has 0 spiro atoms. The van der Waals surface area contributed by atoms with Crippen LogP contribution in [0.3, 0.4) is 0 Å². The van der Waals surface area contributed by atoms with Gasteiger partial charge in [-0.3, -0.25) is 4.79 Å². The molecule has 0 aliphatic rings. The Morgan fingerprint density at radius 1 is 1.08 bits per heavy atom. The number of halogens is 2. The Kier molecular flexibility index (Phi) is 7.12. The molecule has 0 bridgehead atoms. The SMILES string of the molecule is COCCOc1ccc(NC(=O)/C=C/c2ccc(Cl)c(Cl)c2)cc1. The van der Waals surface area contributed by atoms with Crippen LogP contribution in [-0.2, 0) is 9.53 Å². The molecule has 126 valence electrons. The molecule has 1 N–H and O–H groups in total. The number of amides is 1. The summed E-state index contributed by atoms with van der Waals surface area (Å²) in [5.41, 5.74) is 1.47. The van der Waals surface area contributed by atoms with E-state index in [9.17, 15) is 4.79 Å². The molecular formula is C18H17Cl2NO3. The lowest BCUT2D eigenvalue weighted by Crippen LogP contribution is -2.08. The van der Waals surface area contributed by atoms with Crippen LogP contribution in [0.1, 0.15) is 5.56 Å². The van der Waals surface area contributed by atoms with Gasteiger partial charge in [0.25, 0.3) is 0 Å². The fourth-order valence-corrected chi connectivity index (χ4v) is 2.16. The van der Waals surface area contributed by atoms with Crippen molar-refractivity contribution in [3.8, 4) is 5.75 Å². The Morgan fingerprint density at radius 3 is 2.50 bits per heavy atom. The molecule has 0 fully saturated rings. The smallest absolute Gasteiger partial charge is 0.248 e. The van der Waals surface area contributed by atoms with Gasteiger partial charge in [0.05, 0.1) is 16.7 Å². The molecule has 4 nitrogen and oxygen atoms in total. The minimum atomic E-state index is -0.242. The molecule has 0 aliphatic heterocycles. The number of hydrogen-bond donors (Lipinski definition) is 1. The van der Waals surface area contributed by atoms with Crippen molar-refractivity contribution in [2.75, 3.05) is 25.6 Å². The summed E-state index contributed by atoms with van der Waals surface area (Å²) in [5, 5.41) is 3.69. The highest BCUT2D eigenvalue weighted by Crippen LogP contribution is 2.23. The first-order chi connectivity index (χ1) is 11.6. The monoisotopic (exact) mass is 365 g/mol. The van der Waals surface area contributed by atoms with Crippen LogP contribution in [0.5, 0.6) is 5.75 Å². The van der Waals surface area contributed by atoms with E-state index in [-0.39, 0.29) is 5.91 Å². The molecule has 0 atom stereocenters. The third-order valence-corrected chi connectivity index (χ3v) is 3.79. The Balaban J connectivity index is 1.89. The van der Waals surface area contributed by atoms with Crippen LogP contribution in [0, 0.1) is 0 Å². The first kappa shape index (κ1) is 18.3. The number of benzene rings is 2. The normalized spacial score (nSPS) is 10.8. The van der Waals surface area contributed by atoms with Gasteiger partial charge in [-0.25, -0.2) is 0 Å². The molecule has 2 aromatic rings. The predicted molar refractivity (Wildman–Crippen MR) is 97.9 cm³/mol. The average molecular weight is 366 g/mol. The second-order valence-corrected chi connectivity index (χ2v) is 5.68. The molecule has 0 aliphatic carbocycles. The Hall–Kier alpha value is -2.01. The van der Waals surface area contributed by atoms with Crippen LogP contribution < -0.4 is 10.1 Å². The Bertz CT molecular complexity index is 715. The van der Waals surface area contributed by atoms with Gasteiger partial charge in [-0.1, -0.05) is 29.3 Å². The van der Waals surface area contributed by atoms with Gasteiger partial charge < -0.3 is 14.8 Å². The zero-order valence-electron chi connectivity index (χ0n) is 13.1. The highest BCUT2D eigenvalue weighted by atomic mass is 35.5. The summed E-state index contributed by atoms with van der Waals surface area (Å²) in [6.45, 7) is 1.01. The lowest BCUT2D eigenvalue weighted by Gasteiger charge is -2.07. The lowest BCUT2D eigenvalue weighted by molar-refractivity contribution is -0.111. The van der Waals surface area contributed by atoms with Crippen molar-refractivity contribution >= 4 is 40.9 Å². The highest BCUT2D eigenvalue weighted by Gasteiger charge is 2.01. The lowest BCUT2D eigenvalue weighted by atomic mass is 10.2. The van der Waals surface area contributed by atoms with Crippen molar-refractivity contribution in [2.24, 2.45) is 0 Å². The molecule has 24 heavy (non-hydrogen) atoms. The van der Waals surface area contributed by atoms with Gasteiger partial charge in [0, 0.05) is 18.9 Å². The van der Waals surface area contributed by atoms with E-state index in [1.54, 1.807) is 55.7 Å². The summed E-state index contributed by atoms with van der Waals surface area (Å²) in [4.78, 5) is 11.9. The minimum absolute atomic E-state index is 0.242. The van der Waals surface area contributed by atoms with Gasteiger partial charge in [0.15, 0.2) is 0 Å². The molecule has 2 rings (SSSR count). The summed E-state index contributed by atoms with van der Waals surface area (Å²) in [6, 6.07) is 12.3. The second-order valence-electron chi connectivity index (χ2n) is 4.86. The van der Waals surface area contributed by atoms with E-state index < -0.39 is 0 Å². The summed E-state index contributed by atoms with van der Waals surface area (Å²) in [6.07, 6.45) is 3.10. The van der Waals surface area contributed by atoms with Crippen LogP contribution >= 0.6 is 23.2 Å². The standard InChI is InChI=1S/C18H17Cl2NO3/c1-23-10-11-24-15-6-4-14(5-7-15)21-18(22)9-3-13-2-8-16(19)17(20)12-13/h2-9,12H,10-11H2,1H3,(H,21,22)/b9-3+. The number of anilines is 1. The topological polar surface area (TPSA) is 47.6 Å². The summed E-state index contributed by atoms with van der Waals surface area (Å²) >= 11 is 11.8. The number of carbonyl (C=O) groups is 1. The van der Waals surface area contributed by atoms with E-state index in [4.69, 9.17) is 32.7 Å². The van der Waals surface area contributed by atoms with E-state index in [0.717, 1.165) is 11.3 Å². The van der Waals surface area contributed by atoms with Gasteiger partial charge in [0.2, 0.25) is 5.91 Å². The van der Waals surface area contributed by atoms with Crippen molar-refractivity contribution < 1.29 is 14.3 Å². The van der Waals surface area contributed by atoms with E-state index in [0.29, 0.717) is 28.9 Å². The highest BCUT2D eigenvalue weighted by molar-refractivity contribution is 6.42. The molecule has 1 amide bonds. The molecule has 0 saturated heterocycles. The molecule has 0 saturated carbocycles. The fourth-order valence-electron chi connectivity index (χ4n) is 1.85. The number of carbonyl (C=O) groups excluding carboxylic acids is 1. The van der Waals surface area contributed by atoms with Crippen LogP contribution in [0.25, 0.3) is 6.08 Å². The number of methoxy groups -OCH3 is 1. The van der Waals surface area contributed by atoms with Gasteiger partial charge in [-0.2, -0.15) is 0 Å². The Morgan fingerprint density at radius 2 is 1.83 bits per heavy atom. The predicted octanol–water partition coefficient (Wildman–Crippen LogP) is 4.67. The third kappa shape index (κ3) is 5.89. The van der Waals surface area contributed by atoms with Crippen LogP contribution in [0.15, 0.2) is 48.5 Å².